The van der Waals surface area contributed by atoms with E-state index in [1.54, 1.807) is 0 Å². The molecule has 1 unspecified atom stereocenters. The van der Waals surface area contributed by atoms with Gasteiger partial charge in [0.15, 0.2) is 0 Å². The van der Waals surface area contributed by atoms with E-state index in [0.29, 0.717) is 6.54 Å². The van der Waals surface area contributed by atoms with Crippen molar-refractivity contribution in [2.75, 3.05) is 26.2 Å². The van der Waals surface area contributed by atoms with Crippen molar-refractivity contribution in [1.29, 1.82) is 0 Å². The molecule has 0 aromatic rings. The van der Waals surface area contributed by atoms with Gasteiger partial charge in [0, 0.05) is 19.6 Å². The van der Waals surface area contributed by atoms with Crippen LogP contribution in [-0.4, -0.2) is 48.2 Å². The third-order valence-corrected chi connectivity index (χ3v) is 2.44. The number of carboxylic acids is 1. The fraction of sp³-hybridized carbons (Fsp3) is 0.889. The van der Waals surface area contributed by atoms with Gasteiger partial charge in [0.1, 0.15) is 6.04 Å². The van der Waals surface area contributed by atoms with Gasteiger partial charge in [-0.2, -0.15) is 0 Å². The van der Waals surface area contributed by atoms with E-state index >= 15 is 0 Å². The second-order valence-corrected chi connectivity index (χ2v) is 3.45. The average Bonchev–Trinajstić information content (AvgIpc) is 2.15. The highest BCUT2D eigenvalue weighted by atomic mass is 16.4. The van der Waals surface area contributed by atoms with E-state index in [-0.39, 0.29) is 6.04 Å². The summed E-state index contributed by atoms with van der Waals surface area (Å²) in [6, 6.07) is -0.319. The van der Waals surface area contributed by atoms with Crippen molar-refractivity contribution in [2.24, 2.45) is 0 Å². The Hall–Kier alpha value is -0.610. The van der Waals surface area contributed by atoms with Crippen LogP contribution in [0, 0.1) is 0 Å². The molecule has 1 atom stereocenters. The third-order valence-electron chi connectivity index (χ3n) is 2.44. The molecular weight excluding hydrogens is 168 g/mol. The average molecular weight is 186 g/mol. The first-order chi connectivity index (χ1) is 6.25. The highest BCUT2D eigenvalue weighted by molar-refractivity contribution is 5.73. The largest absolute Gasteiger partial charge is 0.480 e. The normalized spacial score (nSPS) is 24.5. The summed E-state index contributed by atoms with van der Waals surface area (Å²) >= 11 is 0. The molecule has 13 heavy (non-hydrogen) atoms. The first kappa shape index (κ1) is 10.5. The monoisotopic (exact) mass is 186 g/mol. The van der Waals surface area contributed by atoms with Crippen molar-refractivity contribution in [3.05, 3.63) is 0 Å². The molecule has 0 spiro atoms. The zero-order valence-corrected chi connectivity index (χ0v) is 8.12. The summed E-state index contributed by atoms with van der Waals surface area (Å²) in [6.07, 6.45) is 2.21. The molecule has 4 nitrogen and oxygen atoms in total. The maximum atomic E-state index is 10.8. The van der Waals surface area contributed by atoms with Gasteiger partial charge in [0.2, 0.25) is 0 Å². The number of unbranched alkanes of at least 4 members (excludes halogenated alkanes) is 1. The van der Waals surface area contributed by atoms with Crippen LogP contribution in [0.4, 0.5) is 0 Å². The lowest BCUT2D eigenvalue weighted by Gasteiger charge is -2.33. The van der Waals surface area contributed by atoms with Crippen LogP contribution in [-0.2, 0) is 4.79 Å². The van der Waals surface area contributed by atoms with Crippen LogP contribution in [0.5, 0.6) is 0 Å². The molecular formula is C9H18N2O2. The first-order valence-electron chi connectivity index (χ1n) is 4.93. The summed E-state index contributed by atoms with van der Waals surface area (Å²) in [5.41, 5.74) is 0. The van der Waals surface area contributed by atoms with Gasteiger partial charge in [0.25, 0.3) is 0 Å². The zero-order chi connectivity index (χ0) is 9.68. The molecule has 1 aliphatic rings. The molecule has 0 aliphatic carbocycles. The second kappa shape index (κ2) is 5.19. The minimum atomic E-state index is -0.705. The second-order valence-electron chi connectivity index (χ2n) is 3.45. The van der Waals surface area contributed by atoms with E-state index < -0.39 is 5.97 Å². The van der Waals surface area contributed by atoms with Crippen LogP contribution < -0.4 is 5.32 Å². The molecule has 0 bridgehead atoms. The van der Waals surface area contributed by atoms with Gasteiger partial charge >= 0.3 is 5.97 Å². The molecule has 1 aliphatic heterocycles. The van der Waals surface area contributed by atoms with Crippen LogP contribution in [0.25, 0.3) is 0 Å². The van der Waals surface area contributed by atoms with Gasteiger partial charge in [0.05, 0.1) is 0 Å². The quantitative estimate of drug-likeness (QED) is 0.656. The summed E-state index contributed by atoms with van der Waals surface area (Å²) < 4.78 is 0. The Bertz CT molecular complexity index is 173. The zero-order valence-electron chi connectivity index (χ0n) is 8.12. The number of hydrogen-bond acceptors (Lipinski definition) is 3. The molecule has 1 heterocycles. The van der Waals surface area contributed by atoms with E-state index in [0.717, 1.165) is 32.5 Å². The lowest BCUT2D eigenvalue weighted by molar-refractivity contribution is -0.143. The Morgan fingerprint density at radius 2 is 2.46 bits per heavy atom. The molecule has 0 saturated carbocycles. The van der Waals surface area contributed by atoms with Crippen molar-refractivity contribution in [1.82, 2.24) is 10.2 Å². The van der Waals surface area contributed by atoms with Crippen molar-refractivity contribution >= 4 is 5.97 Å². The standard InChI is InChI=1S/C9H18N2O2/c1-2-3-5-11-6-4-10-7-8(11)9(12)13/h8,10H,2-7H2,1H3,(H,12,13). The van der Waals surface area contributed by atoms with Crippen LogP contribution in [0.2, 0.25) is 0 Å². The topological polar surface area (TPSA) is 52.6 Å². The Kier molecular flexibility index (Phi) is 4.18. The number of piperazine rings is 1. The van der Waals surface area contributed by atoms with E-state index in [2.05, 4.69) is 17.1 Å². The number of hydrogen-bond donors (Lipinski definition) is 2. The Morgan fingerprint density at radius 3 is 3.08 bits per heavy atom. The third kappa shape index (κ3) is 2.97. The molecule has 1 saturated heterocycles. The molecule has 1 rings (SSSR count). The van der Waals surface area contributed by atoms with Gasteiger partial charge < -0.3 is 10.4 Å². The molecule has 0 aromatic heterocycles. The number of carbonyl (C=O) groups is 1. The van der Waals surface area contributed by atoms with Gasteiger partial charge in [-0.25, -0.2) is 0 Å². The number of aliphatic carboxylic acids is 1. The molecule has 76 valence electrons. The minimum absolute atomic E-state index is 0.319. The van der Waals surface area contributed by atoms with Gasteiger partial charge in [-0.1, -0.05) is 13.3 Å². The van der Waals surface area contributed by atoms with E-state index in [4.69, 9.17) is 5.11 Å². The summed E-state index contributed by atoms with van der Waals surface area (Å²) in [6.45, 7) is 5.39. The van der Waals surface area contributed by atoms with Crippen molar-refractivity contribution in [3.8, 4) is 0 Å². The Balaban J connectivity index is 2.41. The molecule has 0 amide bonds. The van der Waals surface area contributed by atoms with Crippen LogP contribution in [0.1, 0.15) is 19.8 Å². The predicted octanol–water partition coefficient (Wildman–Crippen LogP) is 0.145. The van der Waals surface area contributed by atoms with Crippen LogP contribution in [0.3, 0.4) is 0 Å². The van der Waals surface area contributed by atoms with Crippen molar-refractivity contribution < 1.29 is 9.90 Å². The first-order valence-corrected chi connectivity index (χ1v) is 4.93. The summed E-state index contributed by atoms with van der Waals surface area (Å²) in [5, 5.41) is 12.0. The highest BCUT2D eigenvalue weighted by Gasteiger charge is 2.27. The fourth-order valence-electron chi connectivity index (χ4n) is 1.62. The summed E-state index contributed by atoms with van der Waals surface area (Å²) in [4.78, 5) is 12.9. The number of nitrogens with one attached hydrogen (secondary N) is 1. The molecule has 2 N–H and O–H groups in total. The number of carboxylic acid groups (broad SMARTS) is 1. The smallest absolute Gasteiger partial charge is 0.322 e. The predicted molar refractivity (Wildman–Crippen MR) is 50.8 cm³/mol. The van der Waals surface area contributed by atoms with E-state index in [1.165, 1.54) is 0 Å². The minimum Gasteiger partial charge on any atom is -0.480 e. The maximum Gasteiger partial charge on any atom is 0.322 e. The van der Waals surface area contributed by atoms with Crippen molar-refractivity contribution in [2.45, 2.75) is 25.8 Å². The van der Waals surface area contributed by atoms with E-state index in [1.807, 2.05) is 0 Å². The SMILES string of the molecule is CCCCN1CCNCC1C(=O)O. The highest BCUT2D eigenvalue weighted by Crippen LogP contribution is 2.05. The molecule has 0 aromatic carbocycles. The molecule has 4 heteroatoms. The Labute approximate surface area is 78.9 Å². The van der Waals surface area contributed by atoms with Crippen LogP contribution >= 0.6 is 0 Å². The fourth-order valence-corrected chi connectivity index (χ4v) is 1.62. The lowest BCUT2D eigenvalue weighted by Crippen LogP contribution is -2.55. The maximum absolute atomic E-state index is 10.8. The van der Waals surface area contributed by atoms with E-state index in [9.17, 15) is 4.79 Å². The number of rotatable bonds is 4. The molecule has 1 fully saturated rings. The lowest BCUT2D eigenvalue weighted by atomic mass is 10.2. The summed E-state index contributed by atoms with van der Waals surface area (Å²) in [7, 11) is 0. The summed E-state index contributed by atoms with van der Waals surface area (Å²) in [5.74, 6) is -0.705. The Morgan fingerprint density at radius 1 is 1.69 bits per heavy atom. The number of nitrogens with zero attached hydrogens (tertiary/aromatic N) is 1. The van der Waals surface area contributed by atoms with Crippen LogP contribution in [0.15, 0.2) is 0 Å². The van der Waals surface area contributed by atoms with Crippen molar-refractivity contribution in [3.63, 3.8) is 0 Å². The van der Waals surface area contributed by atoms with Gasteiger partial charge in [-0.3, -0.25) is 9.69 Å². The van der Waals surface area contributed by atoms with Gasteiger partial charge in [-0.15, -0.1) is 0 Å². The van der Waals surface area contributed by atoms with Gasteiger partial charge in [-0.05, 0) is 13.0 Å². The molecule has 0 radical (unpaired) electrons.